The van der Waals surface area contributed by atoms with Crippen LogP contribution in [0.3, 0.4) is 0 Å². The van der Waals surface area contributed by atoms with E-state index in [0.29, 0.717) is 0 Å². The fourth-order valence-electron chi connectivity index (χ4n) is 1.46. The Morgan fingerprint density at radius 2 is 2.38 bits per heavy atom. The van der Waals surface area contributed by atoms with Crippen molar-refractivity contribution in [1.82, 2.24) is 0 Å². The first-order valence-electron chi connectivity index (χ1n) is 4.36. The number of ether oxygens (including phenoxy) is 1. The third-order valence-corrected chi connectivity index (χ3v) is 2.10. The van der Waals surface area contributed by atoms with Crippen LogP contribution in [0.15, 0.2) is 18.2 Å². The van der Waals surface area contributed by atoms with E-state index >= 15 is 0 Å². The third kappa shape index (κ3) is 1.37. The van der Waals surface area contributed by atoms with Crippen molar-refractivity contribution in [2.24, 2.45) is 0 Å². The summed E-state index contributed by atoms with van der Waals surface area (Å²) in [6, 6.07) is 5.79. The summed E-state index contributed by atoms with van der Waals surface area (Å²) in [5, 5.41) is 2.77. The van der Waals surface area contributed by atoms with Gasteiger partial charge in [-0.05, 0) is 18.1 Å². The van der Waals surface area contributed by atoms with Gasteiger partial charge in [-0.3, -0.25) is 4.79 Å². The van der Waals surface area contributed by atoms with Crippen LogP contribution in [0, 0.1) is 0 Å². The topological polar surface area (TPSA) is 38.3 Å². The molecule has 0 saturated carbocycles. The molecule has 1 N–H and O–H groups in total. The lowest BCUT2D eigenvalue weighted by molar-refractivity contribution is -0.118. The third-order valence-electron chi connectivity index (χ3n) is 2.10. The van der Waals surface area contributed by atoms with Crippen molar-refractivity contribution in [3.05, 3.63) is 23.8 Å². The molecule has 1 amide bonds. The predicted octanol–water partition coefficient (Wildman–Crippen LogP) is 1.58. The number of anilines is 1. The van der Waals surface area contributed by atoms with Crippen molar-refractivity contribution in [3.8, 4) is 5.75 Å². The Hall–Kier alpha value is -1.51. The zero-order valence-electron chi connectivity index (χ0n) is 7.46. The number of fused-ring (bicyclic) bond motifs is 1. The van der Waals surface area contributed by atoms with Gasteiger partial charge in [0.2, 0.25) is 0 Å². The lowest BCUT2D eigenvalue weighted by Crippen LogP contribution is -2.25. The lowest BCUT2D eigenvalue weighted by atomic mass is 10.1. The SMILES string of the molecule is CCc1cccc2c1OCC(=O)N2. The summed E-state index contributed by atoms with van der Waals surface area (Å²) in [4.78, 5) is 11.0. The fraction of sp³-hybridized carbons (Fsp3) is 0.300. The minimum atomic E-state index is -0.0826. The van der Waals surface area contributed by atoms with Crippen molar-refractivity contribution in [2.45, 2.75) is 13.3 Å². The number of nitrogens with one attached hydrogen (secondary N) is 1. The molecule has 3 nitrogen and oxygen atoms in total. The van der Waals surface area contributed by atoms with E-state index in [-0.39, 0.29) is 12.5 Å². The Labute approximate surface area is 76.7 Å². The van der Waals surface area contributed by atoms with Crippen molar-refractivity contribution >= 4 is 11.6 Å². The number of carbonyl (C=O) groups excluding carboxylic acids is 1. The highest BCUT2D eigenvalue weighted by Gasteiger charge is 2.17. The molecular formula is C10H11NO2. The molecule has 3 heteroatoms. The summed E-state index contributed by atoms with van der Waals surface area (Å²) < 4.78 is 5.35. The number of carbonyl (C=O) groups is 1. The van der Waals surface area contributed by atoms with Crippen LogP contribution in [0.1, 0.15) is 12.5 Å². The van der Waals surface area contributed by atoms with Crippen LogP contribution in [0.4, 0.5) is 5.69 Å². The highest BCUT2D eigenvalue weighted by molar-refractivity contribution is 5.95. The Bertz CT molecular complexity index is 347. The van der Waals surface area contributed by atoms with Gasteiger partial charge in [-0.1, -0.05) is 19.1 Å². The average molecular weight is 177 g/mol. The summed E-state index contributed by atoms with van der Waals surface area (Å²) in [6.45, 7) is 2.19. The maximum Gasteiger partial charge on any atom is 0.262 e. The van der Waals surface area contributed by atoms with Crippen LogP contribution in [0.25, 0.3) is 0 Å². The minimum absolute atomic E-state index is 0.0826. The number of aryl methyl sites for hydroxylation is 1. The van der Waals surface area contributed by atoms with E-state index in [1.165, 1.54) is 0 Å². The van der Waals surface area contributed by atoms with E-state index in [4.69, 9.17) is 4.74 Å². The van der Waals surface area contributed by atoms with Crippen LogP contribution in [-0.4, -0.2) is 12.5 Å². The van der Waals surface area contributed by atoms with E-state index in [9.17, 15) is 4.79 Å². The maximum atomic E-state index is 11.0. The Morgan fingerprint density at radius 1 is 1.54 bits per heavy atom. The molecule has 0 bridgehead atoms. The van der Waals surface area contributed by atoms with Crippen LogP contribution in [-0.2, 0) is 11.2 Å². The molecule has 1 aliphatic rings. The Kier molecular flexibility index (Phi) is 1.93. The molecule has 68 valence electrons. The Balaban J connectivity index is 2.45. The highest BCUT2D eigenvalue weighted by Crippen LogP contribution is 2.31. The summed E-state index contributed by atoms with van der Waals surface area (Å²) in [5.74, 6) is 0.741. The molecule has 0 atom stereocenters. The summed E-state index contributed by atoms with van der Waals surface area (Å²) in [6.07, 6.45) is 0.916. The van der Waals surface area contributed by atoms with E-state index in [0.717, 1.165) is 23.4 Å². The van der Waals surface area contributed by atoms with Gasteiger partial charge in [-0.15, -0.1) is 0 Å². The average Bonchev–Trinajstić information content (AvgIpc) is 2.16. The minimum Gasteiger partial charge on any atom is -0.481 e. The lowest BCUT2D eigenvalue weighted by Gasteiger charge is -2.19. The van der Waals surface area contributed by atoms with Gasteiger partial charge in [0, 0.05) is 0 Å². The molecule has 0 aromatic heterocycles. The number of rotatable bonds is 1. The van der Waals surface area contributed by atoms with Gasteiger partial charge >= 0.3 is 0 Å². The first kappa shape index (κ1) is 8.10. The number of amides is 1. The standard InChI is InChI=1S/C10H11NO2/c1-2-7-4-3-5-8-10(7)13-6-9(12)11-8/h3-5H,2,6H2,1H3,(H,11,12). The molecule has 0 aliphatic carbocycles. The van der Waals surface area contributed by atoms with Gasteiger partial charge < -0.3 is 10.1 Å². The molecule has 0 radical (unpaired) electrons. The molecule has 1 aromatic rings. The molecule has 13 heavy (non-hydrogen) atoms. The van der Waals surface area contributed by atoms with Gasteiger partial charge in [0.25, 0.3) is 5.91 Å². The van der Waals surface area contributed by atoms with Crippen molar-refractivity contribution < 1.29 is 9.53 Å². The predicted molar refractivity (Wildman–Crippen MR) is 49.9 cm³/mol. The summed E-state index contributed by atoms with van der Waals surface area (Å²) in [5.41, 5.74) is 1.92. The van der Waals surface area contributed by atoms with Gasteiger partial charge in [0.15, 0.2) is 6.61 Å². The first-order valence-corrected chi connectivity index (χ1v) is 4.36. The molecule has 1 heterocycles. The largest absolute Gasteiger partial charge is 0.481 e. The van der Waals surface area contributed by atoms with Gasteiger partial charge in [0.05, 0.1) is 5.69 Å². The highest BCUT2D eigenvalue weighted by atomic mass is 16.5. The number of hydrogen-bond donors (Lipinski definition) is 1. The van der Waals surface area contributed by atoms with Crippen LogP contribution in [0.5, 0.6) is 5.75 Å². The maximum absolute atomic E-state index is 11.0. The number of hydrogen-bond acceptors (Lipinski definition) is 2. The monoisotopic (exact) mass is 177 g/mol. The second-order valence-electron chi connectivity index (χ2n) is 2.98. The van der Waals surface area contributed by atoms with E-state index < -0.39 is 0 Å². The van der Waals surface area contributed by atoms with Crippen LogP contribution >= 0.6 is 0 Å². The first-order chi connectivity index (χ1) is 6.31. The molecule has 1 aliphatic heterocycles. The second-order valence-corrected chi connectivity index (χ2v) is 2.98. The van der Waals surface area contributed by atoms with E-state index in [2.05, 4.69) is 12.2 Å². The Morgan fingerprint density at radius 3 is 3.15 bits per heavy atom. The molecule has 1 aromatic carbocycles. The van der Waals surface area contributed by atoms with Crippen molar-refractivity contribution in [2.75, 3.05) is 11.9 Å². The summed E-state index contributed by atoms with van der Waals surface area (Å²) in [7, 11) is 0. The van der Waals surface area contributed by atoms with Gasteiger partial charge in [0.1, 0.15) is 5.75 Å². The molecule has 2 rings (SSSR count). The second kappa shape index (κ2) is 3.09. The quantitative estimate of drug-likeness (QED) is 0.707. The van der Waals surface area contributed by atoms with E-state index in [1.54, 1.807) is 0 Å². The molecular weight excluding hydrogens is 166 g/mol. The van der Waals surface area contributed by atoms with E-state index in [1.807, 2.05) is 18.2 Å². The number of benzene rings is 1. The molecule has 0 spiro atoms. The molecule has 0 fully saturated rings. The zero-order valence-corrected chi connectivity index (χ0v) is 7.46. The molecule has 0 saturated heterocycles. The fourth-order valence-corrected chi connectivity index (χ4v) is 1.46. The van der Waals surface area contributed by atoms with Gasteiger partial charge in [-0.2, -0.15) is 0 Å². The van der Waals surface area contributed by atoms with Crippen LogP contribution < -0.4 is 10.1 Å². The number of para-hydroxylation sites is 1. The molecule has 0 unspecified atom stereocenters. The smallest absolute Gasteiger partial charge is 0.262 e. The van der Waals surface area contributed by atoms with Crippen molar-refractivity contribution in [3.63, 3.8) is 0 Å². The zero-order chi connectivity index (χ0) is 9.26. The normalized spacial score (nSPS) is 14.4. The van der Waals surface area contributed by atoms with Crippen LogP contribution in [0.2, 0.25) is 0 Å². The van der Waals surface area contributed by atoms with Crippen molar-refractivity contribution in [1.29, 1.82) is 0 Å². The summed E-state index contributed by atoms with van der Waals surface area (Å²) >= 11 is 0. The van der Waals surface area contributed by atoms with Gasteiger partial charge in [-0.25, -0.2) is 0 Å².